The van der Waals surface area contributed by atoms with Crippen molar-refractivity contribution in [1.29, 1.82) is 0 Å². The summed E-state index contributed by atoms with van der Waals surface area (Å²) in [7, 11) is 0. The summed E-state index contributed by atoms with van der Waals surface area (Å²) in [6.07, 6.45) is 1.74. The number of carbonyl (C=O) groups is 1. The maximum absolute atomic E-state index is 12.4. The van der Waals surface area contributed by atoms with Gasteiger partial charge in [0.15, 0.2) is 0 Å². The molecule has 1 amide bonds. The Morgan fingerprint density at radius 2 is 1.88 bits per heavy atom. The Balaban J connectivity index is 1.86. The molecule has 1 heterocycles. The number of fused-ring (bicyclic) bond motifs is 1. The van der Waals surface area contributed by atoms with Crippen molar-refractivity contribution in [3.8, 4) is 0 Å². The minimum atomic E-state index is -0.226. The Labute approximate surface area is 159 Å². The summed E-state index contributed by atoms with van der Waals surface area (Å²) in [5.41, 5.74) is 1.08. The first-order chi connectivity index (χ1) is 12.5. The molecule has 2 N–H and O–H groups in total. The molecule has 3 aromatic rings. The molecule has 0 radical (unpaired) electrons. The Morgan fingerprint density at radius 1 is 1.08 bits per heavy atom. The van der Waals surface area contributed by atoms with E-state index in [0.29, 0.717) is 26.5 Å². The van der Waals surface area contributed by atoms with E-state index in [1.807, 2.05) is 0 Å². The van der Waals surface area contributed by atoms with Gasteiger partial charge in [-0.2, -0.15) is 0 Å². The zero-order chi connectivity index (χ0) is 18.7. The topological polar surface area (TPSA) is 71.3 Å². The lowest BCUT2D eigenvalue weighted by Crippen LogP contribution is -2.21. The third-order valence-electron chi connectivity index (χ3n) is 3.98. The highest BCUT2D eigenvalue weighted by atomic mass is 35.5. The van der Waals surface area contributed by atoms with Crippen LogP contribution >= 0.6 is 23.2 Å². The van der Waals surface area contributed by atoms with Gasteiger partial charge >= 0.3 is 0 Å². The number of amides is 1. The molecule has 0 aliphatic rings. The van der Waals surface area contributed by atoms with Crippen molar-refractivity contribution in [2.24, 2.45) is 0 Å². The molecular weight excluding hydrogens is 375 g/mol. The van der Waals surface area contributed by atoms with Crippen molar-refractivity contribution in [2.45, 2.75) is 13.0 Å². The van der Waals surface area contributed by atoms with Crippen LogP contribution in [0.15, 0.2) is 53.5 Å². The molecule has 0 saturated carbocycles. The van der Waals surface area contributed by atoms with Crippen molar-refractivity contribution in [3.63, 3.8) is 0 Å². The Bertz CT molecular complexity index is 1030. The number of benzene rings is 2. The molecule has 0 aliphatic heterocycles. The van der Waals surface area contributed by atoms with Crippen molar-refractivity contribution < 1.29 is 9.90 Å². The SMILES string of the molecule is O=C(Cc1ccc(Cl)c(Cl)c1)Nc1cccc2c(=O)n(CCO)ccc12. The second kappa shape index (κ2) is 7.91. The lowest BCUT2D eigenvalue weighted by molar-refractivity contribution is -0.115. The molecule has 7 heteroatoms. The summed E-state index contributed by atoms with van der Waals surface area (Å²) in [6, 6.07) is 11.9. The maximum Gasteiger partial charge on any atom is 0.258 e. The van der Waals surface area contributed by atoms with Gasteiger partial charge in [-0.3, -0.25) is 9.59 Å². The third kappa shape index (κ3) is 3.90. The maximum atomic E-state index is 12.4. The smallest absolute Gasteiger partial charge is 0.258 e. The van der Waals surface area contributed by atoms with E-state index in [4.69, 9.17) is 28.3 Å². The summed E-state index contributed by atoms with van der Waals surface area (Å²) in [5, 5.41) is 13.8. The summed E-state index contributed by atoms with van der Waals surface area (Å²) < 4.78 is 1.43. The number of aliphatic hydroxyl groups excluding tert-OH is 1. The minimum Gasteiger partial charge on any atom is -0.395 e. The fourth-order valence-electron chi connectivity index (χ4n) is 2.74. The predicted molar refractivity (Wildman–Crippen MR) is 104 cm³/mol. The zero-order valence-corrected chi connectivity index (χ0v) is 15.2. The number of carbonyl (C=O) groups excluding carboxylic acids is 1. The van der Waals surface area contributed by atoms with Crippen LogP contribution in [0.25, 0.3) is 10.8 Å². The number of hydrogen-bond acceptors (Lipinski definition) is 3. The second-order valence-corrected chi connectivity index (χ2v) is 6.59. The van der Waals surface area contributed by atoms with E-state index < -0.39 is 0 Å². The van der Waals surface area contributed by atoms with E-state index in [1.54, 1.807) is 48.7 Å². The molecule has 26 heavy (non-hydrogen) atoms. The van der Waals surface area contributed by atoms with Crippen LogP contribution in [-0.2, 0) is 17.8 Å². The number of nitrogens with zero attached hydrogens (tertiary/aromatic N) is 1. The fourth-order valence-corrected chi connectivity index (χ4v) is 3.06. The number of aromatic nitrogens is 1. The molecule has 0 bridgehead atoms. The highest BCUT2D eigenvalue weighted by molar-refractivity contribution is 6.42. The van der Waals surface area contributed by atoms with Crippen molar-refractivity contribution in [2.75, 3.05) is 11.9 Å². The standard InChI is InChI=1S/C19H16Cl2N2O3/c20-15-5-4-12(10-16(15)21)11-18(25)22-17-3-1-2-14-13(17)6-7-23(8-9-24)19(14)26/h1-7,10,24H,8-9,11H2,(H,22,25). The molecule has 3 rings (SSSR count). The molecule has 134 valence electrons. The van der Waals surface area contributed by atoms with Crippen molar-refractivity contribution >= 4 is 45.6 Å². The van der Waals surface area contributed by atoms with E-state index in [-0.39, 0.29) is 31.0 Å². The van der Waals surface area contributed by atoms with E-state index >= 15 is 0 Å². The van der Waals surface area contributed by atoms with Gasteiger partial charge in [-0.25, -0.2) is 0 Å². The monoisotopic (exact) mass is 390 g/mol. The molecule has 0 fully saturated rings. The number of anilines is 1. The van der Waals surface area contributed by atoms with Crippen molar-refractivity contribution in [1.82, 2.24) is 4.57 Å². The van der Waals surface area contributed by atoms with Crippen LogP contribution in [-0.4, -0.2) is 22.2 Å². The van der Waals surface area contributed by atoms with Crippen LogP contribution in [0.1, 0.15) is 5.56 Å². The van der Waals surface area contributed by atoms with Gasteiger partial charge in [0.1, 0.15) is 0 Å². The van der Waals surface area contributed by atoms with Crippen LogP contribution in [0.2, 0.25) is 10.0 Å². The summed E-state index contributed by atoms with van der Waals surface area (Å²) in [5.74, 6) is -0.226. The number of hydrogen-bond donors (Lipinski definition) is 2. The van der Waals surface area contributed by atoms with Gasteiger partial charge in [0.05, 0.1) is 23.1 Å². The number of rotatable bonds is 5. The third-order valence-corrected chi connectivity index (χ3v) is 4.72. The number of nitrogens with one attached hydrogen (secondary N) is 1. The average molecular weight is 391 g/mol. The molecular formula is C19H16Cl2N2O3. The highest BCUT2D eigenvalue weighted by Gasteiger charge is 2.10. The quantitative estimate of drug-likeness (QED) is 0.700. The van der Waals surface area contributed by atoms with Crippen LogP contribution in [0, 0.1) is 0 Å². The summed E-state index contributed by atoms with van der Waals surface area (Å²) in [4.78, 5) is 24.8. The van der Waals surface area contributed by atoms with Gasteiger partial charge in [0, 0.05) is 29.2 Å². The lowest BCUT2D eigenvalue weighted by atomic mass is 10.1. The first kappa shape index (κ1) is 18.5. The minimum absolute atomic E-state index is 0.120. The molecule has 5 nitrogen and oxygen atoms in total. The molecule has 2 aromatic carbocycles. The van der Waals surface area contributed by atoms with Crippen LogP contribution in [0.5, 0.6) is 0 Å². The molecule has 0 unspecified atom stereocenters. The molecule has 0 saturated heterocycles. The number of halogens is 2. The van der Waals surface area contributed by atoms with E-state index in [9.17, 15) is 9.59 Å². The highest BCUT2D eigenvalue weighted by Crippen LogP contribution is 2.24. The molecule has 0 aliphatic carbocycles. The van der Waals surface area contributed by atoms with Gasteiger partial charge < -0.3 is 15.0 Å². The zero-order valence-electron chi connectivity index (χ0n) is 13.7. The Hall–Kier alpha value is -2.34. The van der Waals surface area contributed by atoms with Gasteiger partial charge in [-0.05, 0) is 35.9 Å². The Morgan fingerprint density at radius 3 is 2.62 bits per heavy atom. The first-order valence-corrected chi connectivity index (χ1v) is 8.72. The van der Waals surface area contributed by atoms with E-state index in [1.165, 1.54) is 4.57 Å². The molecule has 0 atom stereocenters. The van der Waals surface area contributed by atoms with E-state index in [0.717, 1.165) is 5.56 Å². The predicted octanol–water partition coefficient (Wildman–Crippen LogP) is 3.48. The van der Waals surface area contributed by atoms with Crippen LogP contribution in [0.3, 0.4) is 0 Å². The van der Waals surface area contributed by atoms with Crippen molar-refractivity contribution in [3.05, 3.63) is 74.6 Å². The Kier molecular flexibility index (Phi) is 5.61. The lowest BCUT2D eigenvalue weighted by Gasteiger charge is -2.11. The van der Waals surface area contributed by atoms with E-state index in [2.05, 4.69) is 5.32 Å². The second-order valence-electron chi connectivity index (χ2n) is 5.78. The summed E-state index contributed by atoms with van der Waals surface area (Å²) >= 11 is 11.9. The first-order valence-electron chi connectivity index (χ1n) is 7.96. The number of pyridine rings is 1. The van der Waals surface area contributed by atoms with Gasteiger partial charge in [-0.15, -0.1) is 0 Å². The van der Waals surface area contributed by atoms with Crippen LogP contribution in [0.4, 0.5) is 5.69 Å². The molecule has 0 spiro atoms. The average Bonchev–Trinajstić information content (AvgIpc) is 2.61. The van der Waals surface area contributed by atoms with Gasteiger partial charge in [0.2, 0.25) is 5.91 Å². The van der Waals surface area contributed by atoms with Gasteiger partial charge in [-0.1, -0.05) is 35.3 Å². The van der Waals surface area contributed by atoms with Crippen LogP contribution < -0.4 is 10.9 Å². The fraction of sp³-hybridized carbons (Fsp3) is 0.158. The van der Waals surface area contributed by atoms with Gasteiger partial charge in [0.25, 0.3) is 5.56 Å². The molecule has 1 aromatic heterocycles. The normalized spacial score (nSPS) is 10.9. The largest absolute Gasteiger partial charge is 0.395 e. The number of aliphatic hydroxyl groups is 1. The summed E-state index contributed by atoms with van der Waals surface area (Å²) in [6.45, 7) is 0.105.